The predicted molar refractivity (Wildman–Crippen MR) is 66.9 cm³/mol. The standard InChI is InChI=1S/C10H23NO2SSi/c1-10(2,3)15(4,5)11-14(12,13)9-7-6-8-9/h9,11H,6-8H2,1-5H3. The maximum Gasteiger partial charge on any atom is 0.208 e. The van der Waals surface area contributed by atoms with Crippen LogP contribution in [0.4, 0.5) is 0 Å². The summed E-state index contributed by atoms with van der Waals surface area (Å²) < 4.78 is 27.0. The van der Waals surface area contributed by atoms with Crippen molar-refractivity contribution in [2.45, 2.75) is 63.4 Å². The van der Waals surface area contributed by atoms with Crippen molar-refractivity contribution in [3.05, 3.63) is 0 Å². The van der Waals surface area contributed by atoms with Crippen LogP contribution in [0.25, 0.3) is 0 Å². The Morgan fingerprint density at radius 1 is 1.20 bits per heavy atom. The summed E-state index contributed by atoms with van der Waals surface area (Å²) in [6.07, 6.45) is 2.73. The molecule has 0 heterocycles. The van der Waals surface area contributed by atoms with Gasteiger partial charge in [0.25, 0.3) is 0 Å². The first-order valence-electron chi connectivity index (χ1n) is 5.59. The van der Waals surface area contributed by atoms with E-state index in [9.17, 15) is 8.42 Å². The number of rotatable bonds is 3. The second-order valence-corrected chi connectivity index (χ2v) is 13.4. The highest BCUT2D eigenvalue weighted by Crippen LogP contribution is 2.36. The fourth-order valence-electron chi connectivity index (χ4n) is 1.27. The first-order chi connectivity index (χ1) is 6.56. The zero-order chi connectivity index (χ0) is 11.9. The SMILES string of the molecule is CC(C)(C)[Si](C)(C)NS(=O)(=O)C1CCC1. The summed E-state index contributed by atoms with van der Waals surface area (Å²) in [5, 5.41) is -0.0595. The number of hydrogen-bond acceptors (Lipinski definition) is 2. The Bertz CT molecular complexity index is 326. The molecule has 1 aliphatic rings. The second-order valence-electron chi connectivity index (χ2n) is 6.07. The molecule has 0 saturated heterocycles. The molecule has 0 amide bonds. The monoisotopic (exact) mass is 249 g/mol. The van der Waals surface area contributed by atoms with E-state index >= 15 is 0 Å². The fourth-order valence-corrected chi connectivity index (χ4v) is 6.96. The molecule has 0 atom stereocenters. The number of sulfonamides is 1. The molecule has 0 unspecified atom stereocenters. The van der Waals surface area contributed by atoms with Gasteiger partial charge in [-0.15, -0.1) is 0 Å². The first-order valence-corrected chi connectivity index (χ1v) is 10.1. The zero-order valence-corrected chi connectivity index (χ0v) is 12.2. The molecule has 0 aromatic heterocycles. The van der Waals surface area contributed by atoms with Crippen molar-refractivity contribution in [2.75, 3.05) is 0 Å². The van der Waals surface area contributed by atoms with E-state index in [0.717, 1.165) is 19.3 Å². The lowest BCUT2D eigenvalue weighted by Gasteiger charge is -2.39. The van der Waals surface area contributed by atoms with Crippen LogP contribution in [-0.2, 0) is 10.0 Å². The molecule has 90 valence electrons. The normalized spacial score (nSPS) is 20.1. The minimum atomic E-state index is -3.05. The van der Waals surface area contributed by atoms with E-state index < -0.39 is 18.3 Å². The van der Waals surface area contributed by atoms with Crippen molar-refractivity contribution in [1.29, 1.82) is 0 Å². The number of hydrogen-bond donors (Lipinski definition) is 1. The third-order valence-electron chi connectivity index (χ3n) is 3.76. The summed E-state index contributed by atoms with van der Waals surface area (Å²) in [5.41, 5.74) is 0. The van der Waals surface area contributed by atoms with E-state index in [2.05, 4.69) is 38.3 Å². The molecular formula is C10H23NO2SSi. The average Bonchev–Trinajstić information content (AvgIpc) is 1.73. The molecule has 5 heteroatoms. The average molecular weight is 249 g/mol. The Morgan fingerprint density at radius 2 is 1.67 bits per heavy atom. The highest BCUT2D eigenvalue weighted by molar-refractivity contribution is 7.91. The first kappa shape index (κ1) is 13.2. The van der Waals surface area contributed by atoms with E-state index in [0.29, 0.717) is 0 Å². The highest BCUT2D eigenvalue weighted by atomic mass is 32.2. The summed E-state index contributed by atoms with van der Waals surface area (Å²) in [4.78, 5) is 0. The van der Waals surface area contributed by atoms with Gasteiger partial charge in [0.2, 0.25) is 10.0 Å². The van der Waals surface area contributed by atoms with E-state index in [1.807, 2.05) is 0 Å². The zero-order valence-electron chi connectivity index (χ0n) is 10.4. The Labute approximate surface area is 94.8 Å². The topological polar surface area (TPSA) is 46.2 Å². The summed E-state index contributed by atoms with van der Waals surface area (Å²) in [7, 11) is -4.98. The fraction of sp³-hybridized carbons (Fsp3) is 1.00. The van der Waals surface area contributed by atoms with Gasteiger partial charge in [0.15, 0.2) is 0 Å². The molecule has 1 aliphatic carbocycles. The molecule has 1 fully saturated rings. The van der Waals surface area contributed by atoms with Crippen LogP contribution in [0.15, 0.2) is 0 Å². The Balaban J connectivity index is 2.76. The van der Waals surface area contributed by atoms with Gasteiger partial charge in [-0.3, -0.25) is 0 Å². The van der Waals surface area contributed by atoms with Crippen LogP contribution in [0, 0.1) is 0 Å². The molecule has 1 saturated carbocycles. The van der Waals surface area contributed by atoms with Gasteiger partial charge in [0.1, 0.15) is 8.24 Å². The van der Waals surface area contributed by atoms with Crippen LogP contribution in [0.1, 0.15) is 40.0 Å². The second kappa shape index (κ2) is 3.86. The highest BCUT2D eigenvalue weighted by Gasteiger charge is 2.42. The van der Waals surface area contributed by atoms with Crippen LogP contribution in [0.5, 0.6) is 0 Å². The molecule has 1 N–H and O–H groups in total. The lowest BCUT2D eigenvalue weighted by atomic mass is 10.0. The summed E-state index contributed by atoms with van der Waals surface area (Å²) in [6.45, 7) is 10.5. The molecule has 0 aromatic carbocycles. The van der Waals surface area contributed by atoms with Gasteiger partial charge in [0, 0.05) is 0 Å². The summed E-state index contributed by atoms with van der Waals surface area (Å²) in [5.74, 6) is 0. The summed E-state index contributed by atoms with van der Waals surface area (Å²) >= 11 is 0. The Hall–Kier alpha value is 0.127. The van der Waals surface area contributed by atoms with Gasteiger partial charge in [-0.05, 0) is 17.9 Å². The Kier molecular flexibility index (Phi) is 3.39. The van der Waals surface area contributed by atoms with E-state index in [1.165, 1.54) is 0 Å². The molecule has 3 nitrogen and oxygen atoms in total. The largest absolute Gasteiger partial charge is 0.237 e. The third kappa shape index (κ3) is 2.82. The van der Waals surface area contributed by atoms with Crippen molar-refractivity contribution in [3.8, 4) is 0 Å². The summed E-state index contributed by atoms with van der Waals surface area (Å²) in [6, 6.07) is 0. The van der Waals surface area contributed by atoms with Gasteiger partial charge in [0.05, 0.1) is 5.25 Å². The van der Waals surface area contributed by atoms with Crippen LogP contribution in [-0.4, -0.2) is 21.9 Å². The van der Waals surface area contributed by atoms with Gasteiger partial charge in [-0.2, -0.15) is 0 Å². The maximum absolute atomic E-state index is 12.0. The van der Waals surface area contributed by atoms with Gasteiger partial charge < -0.3 is 0 Å². The van der Waals surface area contributed by atoms with Crippen LogP contribution in [0.2, 0.25) is 18.1 Å². The molecule has 15 heavy (non-hydrogen) atoms. The molecule has 1 rings (SSSR count). The molecule has 0 aliphatic heterocycles. The van der Waals surface area contributed by atoms with Crippen LogP contribution < -0.4 is 4.39 Å². The lowest BCUT2D eigenvalue weighted by molar-refractivity contribution is 0.474. The van der Waals surface area contributed by atoms with Gasteiger partial charge in [-0.1, -0.05) is 40.3 Å². The van der Waals surface area contributed by atoms with Gasteiger partial charge >= 0.3 is 0 Å². The van der Waals surface area contributed by atoms with E-state index in [-0.39, 0.29) is 10.3 Å². The molecule has 0 radical (unpaired) electrons. The predicted octanol–water partition coefficient (Wildman–Crippen LogP) is 2.46. The van der Waals surface area contributed by atoms with Crippen LogP contribution >= 0.6 is 0 Å². The van der Waals surface area contributed by atoms with Crippen molar-refractivity contribution in [2.24, 2.45) is 0 Å². The molecule has 0 bridgehead atoms. The smallest absolute Gasteiger partial charge is 0.208 e. The quantitative estimate of drug-likeness (QED) is 0.781. The van der Waals surface area contributed by atoms with Crippen LogP contribution in [0.3, 0.4) is 0 Å². The third-order valence-corrected chi connectivity index (χ3v) is 12.0. The van der Waals surface area contributed by atoms with Crippen molar-refractivity contribution in [1.82, 2.24) is 4.39 Å². The molecular weight excluding hydrogens is 226 g/mol. The van der Waals surface area contributed by atoms with Crippen molar-refractivity contribution >= 4 is 18.3 Å². The molecule has 0 spiro atoms. The minimum Gasteiger partial charge on any atom is -0.237 e. The van der Waals surface area contributed by atoms with E-state index in [1.54, 1.807) is 0 Å². The number of nitrogens with one attached hydrogen (secondary N) is 1. The molecule has 0 aromatic rings. The lowest BCUT2D eigenvalue weighted by Crippen LogP contribution is -2.57. The Morgan fingerprint density at radius 3 is 1.93 bits per heavy atom. The maximum atomic E-state index is 12.0. The van der Waals surface area contributed by atoms with Crippen molar-refractivity contribution < 1.29 is 8.42 Å². The van der Waals surface area contributed by atoms with E-state index in [4.69, 9.17) is 0 Å². The van der Waals surface area contributed by atoms with Crippen molar-refractivity contribution in [3.63, 3.8) is 0 Å². The van der Waals surface area contributed by atoms with Gasteiger partial charge in [-0.25, -0.2) is 12.8 Å². The minimum absolute atomic E-state index is 0.0593.